The SMILES string of the molecule is O=C(O)CCCCCCCCCCCCCCCCCCCCCCCCCCC(=O)Oc1ccccc1. The van der Waals surface area contributed by atoms with Gasteiger partial charge in [0.25, 0.3) is 0 Å². The molecule has 0 aliphatic heterocycles. The second-order valence-corrected chi connectivity index (χ2v) is 11.2. The number of benzene rings is 1. The second-order valence-electron chi connectivity index (χ2n) is 11.2. The molecule has 0 amide bonds. The molecule has 0 spiro atoms. The minimum atomic E-state index is -0.659. The number of unbranched alkanes of at least 4 members (excludes halogenated alkanes) is 23. The lowest BCUT2D eigenvalue weighted by Gasteiger charge is -2.05. The van der Waals surface area contributed by atoms with E-state index in [0.29, 0.717) is 18.6 Å². The number of ether oxygens (including phenoxy) is 1. The summed E-state index contributed by atoms with van der Waals surface area (Å²) < 4.78 is 5.32. The van der Waals surface area contributed by atoms with Gasteiger partial charge in [0, 0.05) is 12.8 Å². The third-order valence-electron chi connectivity index (χ3n) is 7.50. The lowest BCUT2D eigenvalue weighted by atomic mass is 10.0. The van der Waals surface area contributed by atoms with Crippen molar-refractivity contribution in [2.45, 2.75) is 167 Å². The molecule has 1 N–H and O–H groups in total. The van der Waals surface area contributed by atoms with Crippen LogP contribution in [0.4, 0.5) is 0 Å². The van der Waals surface area contributed by atoms with Gasteiger partial charge in [0.2, 0.25) is 0 Å². The van der Waals surface area contributed by atoms with E-state index in [1.54, 1.807) is 0 Å². The maximum absolute atomic E-state index is 11.8. The molecule has 4 heteroatoms. The Balaban J connectivity index is 1.67. The van der Waals surface area contributed by atoms with E-state index in [9.17, 15) is 9.59 Å². The van der Waals surface area contributed by atoms with Crippen molar-refractivity contribution in [1.29, 1.82) is 0 Å². The van der Waals surface area contributed by atoms with Gasteiger partial charge in [-0.2, -0.15) is 0 Å². The highest BCUT2D eigenvalue weighted by atomic mass is 16.5. The Hall–Kier alpha value is -1.84. The van der Waals surface area contributed by atoms with E-state index in [-0.39, 0.29) is 5.97 Å². The van der Waals surface area contributed by atoms with Gasteiger partial charge in [-0.15, -0.1) is 0 Å². The molecule has 0 unspecified atom stereocenters. The van der Waals surface area contributed by atoms with Crippen LogP contribution in [0.5, 0.6) is 5.75 Å². The van der Waals surface area contributed by atoms with E-state index in [4.69, 9.17) is 9.84 Å². The van der Waals surface area contributed by atoms with Crippen LogP contribution in [0.15, 0.2) is 30.3 Å². The second kappa shape index (κ2) is 26.8. The molecule has 0 fully saturated rings. The lowest BCUT2D eigenvalue weighted by Crippen LogP contribution is -2.07. The van der Waals surface area contributed by atoms with Crippen LogP contribution < -0.4 is 4.74 Å². The van der Waals surface area contributed by atoms with Crippen molar-refractivity contribution in [3.8, 4) is 5.75 Å². The summed E-state index contributed by atoms with van der Waals surface area (Å²) in [7, 11) is 0. The summed E-state index contributed by atoms with van der Waals surface area (Å²) in [6.45, 7) is 0. The van der Waals surface area contributed by atoms with Crippen molar-refractivity contribution in [1.82, 2.24) is 0 Å². The molecule has 38 heavy (non-hydrogen) atoms. The molecular formula is C34H58O4. The van der Waals surface area contributed by atoms with Gasteiger partial charge in [0.15, 0.2) is 0 Å². The Morgan fingerprint density at radius 1 is 0.447 bits per heavy atom. The maximum atomic E-state index is 11.8. The first-order valence-electron chi connectivity index (χ1n) is 16.2. The summed E-state index contributed by atoms with van der Waals surface area (Å²) >= 11 is 0. The van der Waals surface area contributed by atoms with Gasteiger partial charge in [-0.1, -0.05) is 159 Å². The van der Waals surface area contributed by atoms with Crippen LogP contribution in [0.3, 0.4) is 0 Å². The quantitative estimate of drug-likeness (QED) is 0.0664. The van der Waals surface area contributed by atoms with Crippen LogP contribution in [0.25, 0.3) is 0 Å². The smallest absolute Gasteiger partial charge is 0.311 e. The number of esters is 1. The summed E-state index contributed by atoms with van der Waals surface area (Å²) in [6, 6.07) is 9.34. The highest BCUT2D eigenvalue weighted by Crippen LogP contribution is 2.16. The normalized spacial score (nSPS) is 11.1. The van der Waals surface area contributed by atoms with Gasteiger partial charge in [0.1, 0.15) is 5.75 Å². The number of hydrogen-bond donors (Lipinski definition) is 1. The average molecular weight is 531 g/mol. The van der Waals surface area contributed by atoms with E-state index in [1.165, 1.54) is 128 Å². The molecule has 0 aliphatic rings. The molecule has 1 aromatic rings. The molecule has 0 atom stereocenters. The molecule has 0 heterocycles. The molecular weight excluding hydrogens is 472 g/mol. The third-order valence-corrected chi connectivity index (χ3v) is 7.50. The zero-order valence-electron chi connectivity index (χ0n) is 24.4. The Morgan fingerprint density at radius 2 is 0.737 bits per heavy atom. The fraction of sp³-hybridized carbons (Fsp3) is 0.765. The van der Waals surface area contributed by atoms with Gasteiger partial charge >= 0.3 is 11.9 Å². The molecule has 0 bridgehead atoms. The number of carbonyl (C=O) groups is 2. The molecule has 0 saturated carbocycles. The zero-order chi connectivity index (χ0) is 27.4. The number of carbonyl (C=O) groups excluding carboxylic acids is 1. The van der Waals surface area contributed by atoms with E-state index >= 15 is 0 Å². The summed E-state index contributed by atoms with van der Waals surface area (Å²) in [6.07, 6.45) is 32.1. The Bertz CT molecular complexity index is 658. The Labute approximate surface area is 234 Å². The van der Waals surface area contributed by atoms with Gasteiger partial charge in [-0.25, -0.2) is 0 Å². The number of carboxylic acid groups (broad SMARTS) is 1. The summed E-state index contributed by atoms with van der Waals surface area (Å²) in [5, 5.41) is 8.62. The van der Waals surface area contributed by atoms with Crippen molar-refractivity contribution >= 4 is 11.9 Å². The minimum absolute atomic E-state index is 0.113. The lowest BCUT2D eigenvalue weighted by molar-refractivity contribution is -0.137. The first kappa shape index (κ1) is 34.2. The van der Waals surface area contributed by atoms with Crippen LogP contribution in [0.1, 0.15) is 167 Å². The van der Waals surface area contributed by atoms with Crippen LogP contribution >= 0.6 is 0 Å². The number of carboxylic acids is 1. The molecule has 0 radical (unpaired) electrons. The summed E-state index contributed by atoms with van der Waals surface area (Å²) in [5.41, 5.74) is 0. The fourth-order valence-electron chi connectivity index (χ4n) is 5.11. The summed E-state index contributed by atoms with van der Waals surface area (Å²) in [5.74, 6) is -0.126. The Morgan fingerprint density at radius 3 is 1.05 bits per heavy atom. The molecule has 0 aromatic heterocycles. The largest absolute Gasteiger partial charge is 0.481 e. The zero-order valence-corrected chi connectivity index (χ0v) is 24.4. The standard InChI is InChI=1S/C34H58O4/c35-33(36)30-26-21-19-17-15-13-11-9-7-5-3-1-2-4-6-8-10-12-14-16-18-20-22-27-31-34(37)38-32-28-24-23-25-29-32/h23-25,28-29H,1-22,26-27,30-31H2,(H,35,36). The van der Waals surface area contributed by atoms with Crippen molar-refractivity contribution in [2.24, 2.45) is 0 Å². The fourth-order valence-corrected chi connectivity index (χ4v) is 5.11. The number of rotatable bonds is 28. The average Bonchev–Trinajstić information content (AvgIpc) is 2.91. The van der Waals surface area contributed by atoms with E-state index in [2.05, 4.69) is 0 Å². The van der Waals surface area contributed by atoms with E-state index in [1.807, 2.05) is 30.3 Å². The Kier molecular flexibility index (Phi) is 24.1. The van der Waals surface area contributed by atoms with E-state index < -0.39 is 5.97 Å². The molecule has 1 aromatic carbocycles. The topological polar surface area (TPSA) is 63.6 Å². The summed E-state index contributed by atoms with van der Waals surface area (Å²) in [4.78, 5) is 22.3. The maximum Gasteiger partial charge on any atom is 0.311 e. The van der Waals surface area contributed by atoms with Crippen molar-refractivity contribution in [3.63, 3.8) is 0 Å². The predicted molar refractivity (Wildman–Crippen MR) is 160 cm³/mol. The highest BCUT2D eigenvalue weighted by molar-refractivity contribution is 5.72. The van der Waals surface area contributed by atoms with Crippen molar-refractivity contribution in [3.05, 3.63) is 30.3 Å². The van der Waals surface area contributed by atoms with Gasteiger partial charge in [-0.05, 0) is 25.0 Å². The van der Waals surface area contributed by atoms with Gasteiger partial charge < -0.3 is 9.84 Å². The van der Waals surface area contributed by atoms with Crippen molar-refractivity contribution < 1.29 is 19.4 Å². The number of hydrogen-bond acceptors (Lipinski definition) is 3. The van der Waals surface area contributed by atoms with Crippen LogP contribution in [-0.2, 0) is 9.59 Å². The minimum Gasteiger partial charge on any atom is -0.481 e. The molecule has 0 aliphatic carbocycles. The predicted octanol–water partition coefficient (Wildman–Crippen LogP) is 10.8. The molecule has 218 valence electrons. The van der Waals surface area contributed by atoms with Crippen LogP contribution in [0, 0.1) is 0 Å². The number of aliphatic carboxylic acids is 1. The molecule has 4 nitrogen and oxygen atoms in total. The van der Waals surface area contributed by atoms with Gasteiger partial charge in [0.05, 0.1) is 0 Å². The van der Waals surface area contributed by atoms with Crippen LogP contribution in [0.2, 0.25) is 0 Å². The van der Waals surface area contributed by atoms with Crippen LogP contribution in [-0.4, -0.2) is 17.0 Å². The molecule has 1 rings (SSSR count). The van der Waals surface area contributed by atoms with Crippen molar-refractivity contribution in [2.75, 3.05) is 0 Å². The third kappa shape index (κ3) is 24.5. The van der Waals surface area contributed by atoms with Gasteiger partial charge in [-0.3, -0.25) is 9.59 Å². The molecule has 0 saturated heterocycles. The highest BCUT2D eigenvalue weighted by Gasteiger charge is 2.04. The number of para-hydroxylation sites is 1. The first-order valence-corrected chi connectivity index (χ1v) is 16.2. The van der Waals surface area contributed by atoms with E-state index in [0.717, 1.165) is 25.7 Å². The first-order chi connectivity index (χ1) is 18.7. The monoisotopic (exact) mass is 530 g/mol.